The molecule has 1 heterocycles. The normalized spacial score (nSPS) is 11.7. The minimum atomic E-state index is -0.749. The van der Waals surface area contributed by atoms with Crippen LogP contribution in [-0.2, 0) is 11.8 Å². The SMILES string of the molecule is CCNC(=O)NC(=O)C(C)Nc1c(C)n(C)n(-c2ccccc2)c1=O. The van der Waals surface area contributed by atoms with Crippen LogP contribution in [0.3, 0.4) is 0 Å². The van der Waals surface area contributed by atoms with Gasteiger partial charge in [0, 0.05) is 13.6 Å². The number of hydrogen-bond acceptors (Lipinski definition) is 4. The number of carbonyl (C=O) groups excluding carboxylic acids is 2. The van der Waals surface area contributed by atoms with Gasteiger partial charge in [0.2, 0.25) is 5.91 Å². The van der Waals surface area contributed by atoms with Crippen molar-refractivity contribution in [1.82, 2.24) is 20.0 Å². The van der Waals surface area contributed by atoms with Crippen molar-refractivity contribution in [2.24, 2.45) is 7.05 Å². The quantitative estimate of drug-likeness (QED) is 0.757. The van der Waals surface area contributed by atoms with Crippen LogP contribution < -0.4 is 21.5 Å². The molecule has 1 atom stereocenters. The maximum Gasteiger partial charge on any atom is 0.321 e. The number of nitrogens with zero attached hydrogens (tertiary/aromatic N) is 2. The molecule has 0 saturated heterocycles. The molecule has 0 spiro atoms. The molecule has 1 aromatic carbocycles. The predicted octanol–water partition coefficient (Wildman–Crippen LogP) is 1.13. The molecule has 25 heavy (non-hydrogen) atoms. The van der Waals surface area contributed by atoms with Crippen LogP contribution in [0.2, 0.25) is 0 Å². The van der Waals surface area contributed by atoms with Crippen molar-refractivity contribution in [3.63, 3.8) is 0 Å². The van der Waals surface area contributed by atoms with Gasteiger partial charge in [0.15, 0.2) is 0 Å². The molecule has 0 fully saturated rings. The van der Waals surface area contributed by atoms with E-state index in [-0.39, 0.29) is 5.56 Å². The Morgan fingerprint density at radius 3 is 2.44 bits per heavy atom. The lowest BCUT2D eigenvalue weighted by Gasteiger charge is -2.13. The zero-order valence-corrected chi connectivity index (χ0v) is 14.8. The fourth-order valence-corrected chi connectivity index (χ4v) is 2.44. The zero-order valence-electron chi connectivity index (χ0n) is 14.8. The van der Waals surface area contributed by atoms with E-state index >= 15 is 0 Å². The van der Waals surface area contributed by atoms with Crippen LogP contribution in [0.5, 0.6) is 0 Å². The highest BCUT2D eigenvalue weighted by Gasteiger charge is 2.21. The molecule has 0 radical (unpaired) electrons. The Morgan fingerprint density at radius 2 is 1.84 bits per heavy atom. The third-order valence-corrected chi connectivity index (χ3v) is 3.88. The lowest BCUT2D eigenvalue weighted by atomic mass is 10.2. The number of benzene rings is 1. The number of carbonyl (C=O) groups is 2. The molecule has 2 aromatic rings. The minimum absolute atomic E-state index is 0.260. The van der Waals surface area contributed by atoms with Crippen LogP contribution in [0.25, 0.3) is 5.69 Å². The van der Waals surface area contributed by atoms with Crippen molar-refractivity contribution in [2.45, 2.75) is 26.8 Å². The number of nitrogens with one attached hydrogen (secondary N) is 3. The number of urea groups is 1. The van der Waals surface area contributed by atoms with E-state index in [0.717, 1.165) is 5.69 Å². The third-order valence-electron chi connectivity index (χ3n) is 3.88. The molecule has 0 saturated carbocycles. The van der Waals surface area contributed by atoms with Crippen molar-refractivity contribution in [1.29, 1.82) is 0 Å². The van der Waals surface area contributed by atoms with Gasteiger partial charge in [-0.1, -0.05) is 18.2 Å². The summed E-state index contributed by atoms with van der Waals surface area (Å²) in [5.41, 5.74) is 1.48. The summed E-state index contributed by atoms with van der Waals surface area (Å²) in [6, 6.07) is 7.91. The molecule has 2 rings (SSSR count). The molecule has 3 amide bonds. The van der Waals surface area contributed by atoms with Gasteiger partial charge in [-0.25, -0.2) is 9.48 Å². The van der Waals surface area contributed by atoms with Gasteiger partial charge >= 0.3 is 6.03 Å². The molecule has 1 unspecified atom stereocenters. The average molecular weight is 345 g/mol. The largest absolute Gasteiger partial charge is 0.368 e. The molecule has 0 bridgehead atoms. The number of rotatable bonds is 5. The van der Waals surface area contributed by atoms with Crippen molar-refractivity contribution in [3.8, 4) is 5.69 Å². The second kappa shape index (κ2) is 7.69. The zero-order chi connectivity index (χ0) is 18.6. The molecular formula is C17H23N5O3. The number of imide groups is 1. The van der Waals surface area contributed by atoms with E-state index in [1.54, 1.807) is 32.5 Å². The maximum atomic E-state index is 12.8. The molecule has 8 heteroatoms. The smallest absolute Gasteiger partial charge is 0.321 e. The van der Waals surface area contributed by atoms with E-state index in [1.807, 2.05) is 30.3 Å². The molecule has 1 aromatic heterocycles. The Balaban J connectivity index is 2.25. The number of aromatic nitrogens is 2. The monoisotopic (exact) mass is 345 g/mol. The van der Waals surface area contributed by atoms with E-state index in [1.165, 1.54) is 4.68 Å². The Kier molecular flexibility index (Phi) is 5.63. The summed E-state index contributed by atoms with van der Waals surface area (Å²) in [6.07, 6.45) is 0. The van der Waals surface area contributed by atoms with Gasteiger partial charge in [0.05, 0.1) is 11.4 Å². The third kappa shape index (κ3) is 3.90. The van der Waals surface area contributed by atoms with Crippen LogP contribution in [0.1, 0.15) is 19.5 Å². The Morgan fingerprint density at radius 1 is 1.20 bits per heavy atom. The topological polar surface area (TPSA) is 97.2 Å². The lowest BCUT2D eigenvalue weighted by molar-refractivity contribution is -0.120. The van der Waals surface area contributed by atoms with E-state index < -0.39 is 18.0 Å². The summed E-state index contributed by atoms with van der Waals surface area (Å²) >= 11 is 0. The van der Waals surface area contributed by atoms with Crippen LogP contribution in [0.4, 0.5) is 10.5 Å². The Hall–Kier alpha value is -3.03. The van der Waals surface area contributed by atoms with Gasteiger partial charge in [-0.05, 0) is 32.9 Å². The average Bonchev–Trinajstić information content (AvgIpc) is 2.79. The lowest BCUT2D eigenvalue weighted by Crippen LogP contribution is -2.46. The van der Waals surface area contributed by atoms with Gasteiger partial charge in [-0.3, -0.25) is 19.6 Å². The number of para-hydroxylation sites is 1. The molecule has 0 aliphatic carbocycles. The minimum Gasteiger partial charge on any atom is -0.368 e. The van der Waals surface area contributed by atoms with Crippen molar-refractivity contribution in [3.05, 3.63) is 46.4 Å². The van der Waals surface area contributed by atoms with E-state index in [0.29, 0.717) is 17.9 Å². The molecule has 134 valence electrons. The maximum absolute atomic E-state index is 12.8. The first-order chi connectivity index (χ1) is 11.9. The molecular weight excluding hydrogens is 322 g/mol. The first kappa shape index (κ1) is 18.3. The summed E-state index contributed by atoms with van der Waals surface area (Å²) in [5.74, 6) is -0.514. The van der Waals surface area contributed by atoms with E-state index in [9.17, 15) is 14.4 Å². The highest BCUT2D eigenvalue weighted by atomic mass is 16.2. The second-order valence-electron chi connectivity index (χ2n) is 5.65. The van der Waals surface area contributed by atoms with Gasteiger partial charge in [0.1, 0.15) is 11.7 Å². The van der Waals surface area contributed by atoms with Gasteiger partial charge < -0.3 is 10.6 Å². The van der Waals surface area contributed by atoms with Gasteiger partial charge in [-0.15, -0.1) is 0 Å². The van der Waals surface area contributed by atoms with Crippen LogP contribution in [0.15, 0.2) is 35.1 Å². The standard InChI is InChI=1S/C17H23N5O3/c1-5-18-17(25)20-15(23)11(2)19-14-12(3)21(4)22(16(14)24)13-9-7-6-8-10-13/h6-11,19H,5H2,1-4H3,(H2,18,20,23,25). The fourth-order valence-electron chi connectivity index (χ4n) is 2.44. The predicted molar refractivity (Wildman–Crippen MR) is 96.0 cm³/mol. The summed E-state index contributed by atoms with van der Waals surface area (Å²) in [6.45, 7) is 5.55. The number of anilines is 1. The van der Waals surface area contributed by atoms with Gasteiger partial charge in [-0.2, -0.15) is 0 Å². The number of amides is 3. The summed E-state index contributed by atoms with van der Waals surface area (Å²) in [5, 5.41) is 7.62. The van der Waals surface area contributed by atoms with Crippen LogP contribution in [-0.4, -0.2) is 33.9 Å². The summed E-state index contributed by atoms with van der Waals surface area (Å²) in [4.78, 5) is 36.3. The first-order valence-corrected chi connectivity index (χ1v) is 8.06. The van der Waals surface area contributed by atoms with E-state index in [2.05, 4.69) is 16.0 Å². The molecule has 0 aliphatic heterocycles. The van der Waals surface area contributed by atoms with Crippen molar-refractivity contribution < 1.29 is 9.59 Å². The van der Waals surface area contributed by atoms with Crippen LogP contribution >= 0.6 is 0 Å². The second-order valence-corrected chi connectivity index (χ2v) is 5.65. The Bertz CT molecular complexity index is 823. The van der Waals surface area contributed by atoms with Crippen molar-refractivity contribution >= 4 is 17.6 Å². The van der Waals surface area contributed by atoms with Crippen LogP contribution in [0, 0.1) is 6.92 Å². The van der Waals surface area contributed by atoms with E-state index in [4.69, 9.17) is 0 Å². The summed E-state index contributed by atoms with van der Waals surface area (Å²) in [7, 11) is 1.77. The fraction of sp³-hybridized carbons (Fsp3) is 0.353. The summed E-state index contributed by atoms with van der Waals surface area (Å²) < 4.78 is 3.24. The molecule has 8 nitrogen and oxygen atoms in total. The van der Waals surface area contributed by atoms with Crippen molar-refractivity contribution in [2.75, 3.05) is 11.9 Å². The van der Waals surface area contributed by atoms with Gasteiger partial charge in [0.25, 0.3) is 5.56 Å². The highest BCUT2D eigenvalue weighted by Crippen LogP contribution is 2.14. The molecule has 0 aliphatic rings. The highest BCUT2D eigenvalue weighted by molar-refractivity contribution is 5.98. The molecule has 3 N–H and O–H groups in total. The Labute approximate surface area is 145 Å². The first-order valence-electron chi connectivity index (χ1n) is 8.06. The number of hydrogen-bond donors (Lipinski definition) is 3.